The Balaban J connectivity index is 1.85. The summed E-state index contributed by atoms with van der Waals surface area (Å²) in [4.78, 5) is 29.6. The standard InChI is InChI=1S/C23H32N4O5S/c1-5-27-16(3)20(23(29)32-6-2)21(17(27)4)33(30,31)26-13-9-10-18(15-26)22(28)25-14-19-11-7-8-12-24-19/h7-8,11-12,18H,5-6,9-10,13-15H2,1-4H3,(H,25,28). The van der Waals surface area contributed by atoms with Crippen molar-refractivity contribution in [2.75, 3.05) is 19.7 Å². The molecule has 1 aliphatic rings. The molecule has 1 N–H and O–H groups in total. The Hall–Kier alpha value is -2.72. The van der Waals surface area contributed by atoms with Crippen molar-refractivity contribution in [3.63, 3.8) is 0 Å². The molecule has 0 bridgehead atoms. The highest BCUT2D eigenvalue weighted by atomic mass is 32.2. The Morgan fingerprint density at radius 3 is 2.61 bits per heavy atom. The Kier molecular flexibility index (Phi) is 7.91. The van der Waals surface area contributed by atoms with Crippen molar-refractivity contribution in [3.8, 4) is 0 Å². The van der Waals surface area contributed by atoms with E-state index in [2.05, 4.69) is 10.3 Å². The van der Waals surface area contributed by atoms with Gasteiger partial charge in [-0.3, -0.25) is 9.78 Å². The van der Waals surface area contributed by atoms with Crippen molar-refractivity contribution >= 4 is 21.9 Å². The summed E-state index contributed by atoms with van der Waals surface area (Å²) in [6.07, 6.45) is 2.81. The third-order valence-electron chi connectivity index (χ3n) is 6.05. The number of esters is 1. The second-order valence-corrected chi connectivity index (χ2v) is 9.96. The summed E-state index contributed by atoms with van der Waals surface area (Å²) < 4.78 is 35.8. The van der Waals surface area contributed by atoms with Crippen LogP contribution in [0.2, 0.25) is 0 Å². The number of sulfonamides is 1. The third-order valence-corrected chi connectivity index (χ3v) is 8.07. The molecule has 1 unspecified atom stereocenters. The summed E-state index contributed by atoms with van der Waals surface area (Å²) in [6, 6.07) is 5.46. The highest BCUT2D eigenvalue weighted by Gasteiger charge is 2.39. The summed E-state index contributed by atoms with van der Waals surface area (Å²) >= 11 is 0. The van der Waals surface area contributed by atoms with Crippen LogP contribution in [-0.4, -0.2) is 53.8 Å². The van der Waals surface area contributed by atoms with Gasteiger partial charge in [0.05, 0.1) is 24.8 Å². The Bertz CT molecular complexity index is 1110. The smallest absolute Gasteiger partial charge is 0.341 e. The van der Waals surface area contributed by atoms with Gasteiger partial charge in [0.15, 0.2) is 0 Å². The lowest BCUT2D eigenvalue weighted by atomic mass is 9.99. The zero-order chi connectivity index (χ0) is 24.2. The van der Waals surface area contributed by atoms with Gasteiger partial charge in [0.1, 0.15) is 10.5 Å². The molecule has 0 radical (unpaired) electrons. The lowest BCUT2D eigenvalue weighted by molar-refractivity contribution is -0.126. The maximum Gasteiger partial charge on any atom is 0.341 e. The van der Waals surface area contributed by atoms with Crippen LogP contribution < -0.4 is 5.32 Å². The average Bonchev–Trinajstić information content (AvgIpc) is 3.08. The molecule has 9 nitrogen and oxygen atoms in total. The lowest BCUT2D eigenvalue weighted by Gasteiger charge is -2.31. The molecule has 3 rings (SSSR count). The number of ether oxygens (including phenoxy) is 1. The summed E-state index contributed by atoms with van der Waals surface area (Å²) in [5.74, 6) is -1.33. The van der Waals surface area contributed by atoms with Crippen molar-refractivity contribution in [2.24, 2.45) is 5.92 Å². The first-order valence-electron chi connectivity index (χ1n) is 11.3. The Labute approximate surface area is 195 Å². The minimum atomic E-state index is -4.01. The molecular weight excluding hydrogens is 444 g/mol. The van der Waals surface area contributed by atoms with Crippen LogP contribution in [0.5, 0.6) is 0 Å². The van der Waals surface area contributed by atoms with E-state index in [1.165, 1.54) is 4.31 Å². The van der Waals surface area contributed by atoms with Crippen LogP contribution in [0.1, 0.15) is 54.1 Å². The number of hydrogen-bond donors (Lipinski definition) is 1. The zero-order valence-electron chi connectivity index (χ0n) is 19.6. The molecule has 1 saturated heterocycles. The zero-order valence-corrected chi connectivity index (χ0v) is 20.4. The number of rotatable bonds is 8. The van der Waals surface area contributed by atoms with Gasteiger partial charge < -0.3 is 14.6 Å². The molecule has 1 amide bonds. The molecule has 0 aromatic carbocycles. The monoisotopic (exact) mass is 476 g/mol. The number of carbonyl (C=O) groups excluding carboxylic acids is 2. The van der Waals surface area contributed by atoms with Crippen LogP contribution in [0.25, 0.3) is 0 Å². The highest BCUT2D eigenvalue weighted by Crippen LogP contribution is 2.32. The van der Waals surface area contributed by atoms with E-state index in [0.717, 1.165) is 5.69 Å². The van der Waals surface area contributed by atoms with Crippen LogP contribution >= 0.6 is 0 Å². The number of piperidine rings is 1. The molecule has 33 heavy (non-hydrogen) atoms. The topological polar surface area (TPSA) is 111 Å². The second-order valence-electron chi connectivity index (χ2n) is 8.08. The van der Waals surface area contributed by atoms with Crippen LogP contribution in [0.15, 0.2) is 29.3 Å². The molecule has 1 aliphatic heterocycles. The van der Waals surface area contributed by atoms with E-state index in [0.29, 0.717) is 37.3 Å². The number of pyridine rings is 1. The van der Waals surface area contributed by atoms with E-state index in [-0.39, 0.29) is 36.1 Å². The fourth-order valence-electron chi connectivity index (χ4n) is 4.42. The van der Waals surface area contributed by atoms with E-state index in [4.69, 9.17) is 4.74 Å². The van der Waals surface area contributed by atoms with Gasteiger partial charge in [0.25, 0.3) is 0 Å². The summed E-state index contributed by atoms with van der Waals surface area (Å²) in [6.45, 7) is 8.33. The van der Waals surface area contributed by atoms with E-state index in [1.54, 1.807) is 37.6 Å². The molecule has 2 aromatic rings. The van der Waals surface area contributed by atoms with Gasteiger partial charge in [-0.05, 0) is 52.7 Å². The summed E-state index contributed by atoms with van der Waals surface area (Å²) in [5.41, 5.74) is 1.88. The molecule has 0 spiro atoms. The van der Waals surface area contributed by atoms with Crippen molar-refractivity contribution in [2.45, 2.75) is 58.5 Å². The molecule has 180 valence electrons. The predicted molar refractivity (Wildman–Crippen MR) is 123 cm³/mol. The van der Waals surface area contributed by atoms with Gasteiger partial charge in [-0.25, -0.2) is 13.2 Å². The van der Waals surface area contributed by atoms with Crippen LogP contribution in [-0.2, 0) is 32.6 Å². The number of amides is 1. The van der Waals surface area contributed by atoms with Gasteiger partial charge in [-0.15, -0.1) is 0 Å². The second kappa shape index (κ2) is 10.5. The minimum absolute atomic E-state index is 0.0187. The average molecular weight is 477 g/mol. The largest absolute Gasteiger partial charge is 0.462 e. The quantitative estimate of drug-likeness (QED) is 0.586. The SMILES string of the molecule is CCOC(=O)c1c(S(=O)(=O)N2CCCC(C(=O)NCc3ccccn3)C2)c(C)n(CC)c1C. The van der Waals surface area contributed by atoms with Gasteiger partial charge in [0, 0.05) is 37.2 Å². The van der Waals surface area contributed by atoms with Gasteiger partial charge in [0.2, 0.25) is 15.9 Å². The van der Waals surface area contributed by atoms with Gasteiger partial charge in [-0.2, -0.15) is 4.31 Å². The number of carbonyl (C=O) groups is 2. The molecule has 0 saturated carbocycles. The van der Waals surface area contributed by atoms with E-state index in [1.807, 2.05) is 19.1 Å². The van der Waals surface area contributed by atoms with Crippen molar-refractivity contribution in [1.82, 2.24) is 19.2 Å². The van der Waals surface area contributed by atoms with Crippen molar-refractivity contribution < 1.29 is 22.7 Å². The minimum Gasteiger partial charge on any atom is -0.462 e. The predicted octanol–water partition coefficient (Wildman–Crippen LogP) is 2.41. The first kappa shape index (κ1) is 24.9. The summed E-state index contributed by atoms with van der Waals surface area (Å²) in [5, 5.41) is 2.86. The maximum absolute atomic E-state index is 13.7. The Morgan fingerprint density at radius 1 is 1.21 bits per heavy atom. The lowest BCUT2D eigenvalue weighted by Crippen LogP contribution is -2.45. The molecule has 0 aliphatic carbocycles. The molecule has 2 aromatic heterocycles. The van der Waals surface area contributed by atoms with Crippen LogP contribution in [0.4, 0.5) is 0 Å². The third kappa shape index (κ3) is 5.11. The molecule has 1 atom stereocenters. The molecule has 1 fully saturated rings. The van der Waals surface area contributed by atoms with Gasteiger partial charge in [-0.1, -0.05) is 6.07 Å². The van der Waals surface area contributed by atoms with E-state index in [9.17, 15) is 18.0 Å². The van der Waals surface area contributed by atoms with Crippen LogP contribution in [0.3, 0.4) is 0 Å². The summed E-state index contributed by atoms with van der Waals surface area (Å²) in [7, 11) is -4.01. The number of aromatic nitrogens is 2. The molecular formula is C23H32N4O5S. The van der Waals surface area contributed by atoms with Crippen LogP contribution in [0, 0.1) is 19.8 Å². The molecule has 10 heteroatoms. The highest BCUT2D eigenvalue weighted by molar-refractivity contribution is 7.89. The fraction of sp³-hybridized carbons (Fsp3) is 0.522. The van der Waals surface area contributed by atoms with E-state index < -0.39 is 21.9 Å². The van der Waals surface area contributed by atoms with E-state index >= 15 is 0 Å². The number of nitrogens with one attached hydrogen (secondary N) is 1. The first-order valence-corrected chi connectivity index (χ1v) is 12.7. The van der Waals surface area contributed by atoms with Crippen molar-refractivity contribution in [3.05, 3.63) is 47.0 Å². The van der Waals surface area contributed by atoms with Crippen molar-refractivity contribution in [1.29, 1.82) is 0 Å². The van der Waals surface area contributed by atoms with Gasteiger partial charge >= 0.3 is 5.97 Å². The molecule has 3 heterocycles. The fourth-order valence-corrected chi connectivity index (χ4v) is 6.39. The number of hydrogen-bond acceptors (Lipinski definition) is 6. The first-order chi connectivity index (χ1) is 15.7. The Morgan fingerprint density at radius 2 is 1.97 bits per heavy atom. The maximum atomic E-state index is 13.7. The normalized spacial score (nSPS) is 17.0. The number of nitrogens with zero attached hydrogens (tertiary/aromatic N) is 3.